The van der Waals surface area contributed by atoms with E-state index in [4.69, 9.17) is 4.74 Å². The number of hydrogen-bond donors (Lipinski definition) is 1. The number of rotatable bonds is 13. The van der Waals surface area contributed by atoms with Crippen molar-refractivity contribution in [2.45, 2.75) is 52.0 Å². The molecular formula is C28H37N3O4. The second kappa shape index (κ2) is 13.0. The predicted octanol–water partition coefficient (Wildman–Crippen LogP) is 4.80. The summed E-state index contributed by atoms with van der Waals surface area (Å²) in [5.74, 6) is -0.792. The Morgan fingerprint density at radius 1 is 1.03 bits per heavy atom. The molecule has 1 aliphatic rings. The molecule has 2 heterocycles. The topological polar surface area (TPSA) is 83.0 Å². The van der Waals surface area contributed by atoms with E-state index in [1.165, 1.54) is 0 Å². The summed E-state index contributed by atoms with van der Waals surface area (Å²) in [4.78, 5) is 34.5. The van der Waals surface area contributed by atoms with Gasteiger partial charge in [0.15, 0.2) is 0 Å². The van der Waals surface area contributed by atoms with Gasteiger partial charge >= 0.3 is 0 Å². The standard InChI is InChI=1S/C28H37N3O4/c1-4-6-16-30(17-7-5-2)18-9-19-31-25(22-10-8-15-29-20-22)24(27(33)28(31)34)26(32)21-11-13-23(35-3)14-12-21/h8,10-15,20,25,32H,4-7,9,16-19H2,1-3H3/b26-24+. The Morgan fingerprint density at radius 2 is 1.69 bits per heavy atom. The molecule has 35 heavy (non-hydrogen) atoms. The number of methoxy groups -OCH3 is 1. The van der Waals surface area contributed by atoms with Crippen molar-refractivity contribution in [3.63, 3.8) is 0 Å². The van der Waals surface area contributed by atoms with Gasteiger partial charge in [0, 0.05) is 24.5 Å². The number of unbranched alkanes of at least 4 members (excludes halogenated alkanes) is 2. The third kappa shape index (κ3) is 6.48. The lowest BCUT2D eigenvalue weighted by atomic mass is 9.96. The molecule has 1 N–H and O–H groups in total. The number of Topliss-reactive ketones (excluding diaryl/α,β-unsaturated/α-hetero) is 1. The second-order valence-corrected chi connectivity index (χ2v) is 8.91. The van der Waals surface area contributed by atoms with Crippen LogP contribution in [0.5, 0.6) is 5.75 Å². The molecule has 1 saturated heterocycles. The summed E-state index contributed by atoms with van der Waals surface area (Å²) < 4.78 is 5.19. The first-order valence-corrected chi connectivity index (χ1v) is 12.6. The second-order valence-electron chi connectivity index (χ2n) is 8.91. The molecule has 1 atom stereocenters. The molecule has 1 aromatic heterocycles. The van der Waals surface area contributed by atoms with Crippen LogP contribution in [0.15, 0.2) is 54.4 Å². The van der Waals surface area contributed by atoms with Crippen molar-refractivity contribution in [3.05, 3.63) is 65.5 Å². The minimum absolute atomic E-state index is 0.0991. The first-order valence-electron chi connectivity index (χ1n) is 12.6. The highest BCUT2D eigenvalue weighted by molar-refractivity contribution is 6.46. The van der Waals surface area contributed by atoms with E-state index in [0.29, 0.717) is 23.4 Å². The number of benzene rings is 1. The van der Waals surface area contributed by atoms with Crippen LogP contribution in [-0.4, -0.2) is 64.9 Å². The molecule has 7 nitrogen and oxygen atoms in total. The van der Waals surface area contributed by atoms with E-state index in [-0.39, 0.29) is 11.3 Å². The molecule has 1 aromatic carbocycles. The maximum Gasteiger partial charge on any atom is 0.295 e. The molecule has 1 unspecified atom stereocenters. The highest BCUT2D eigenvalue weighted by Crippen LogP contribution is 2.39. The molecule has 2 aromatic rings. The summed E-state index contributed by atoms with van der Waals surface area (Å²) in [5.41, 5.74) is 1.26. The SMILES string of the molecule is CCCCN(CCCC)CCCN1C(=O)C(=O)/C(=C(/O)c2ccc(OC)cc2)C1c1cccnc1. The smallest absolute Gasteiger partial charge is 0.295 e. The van der Waals surface area contributed by atoms with E-state index in [9.17, 15) is 14.7 Å². The van der Waals surface area contributed by atoms with E-state index in [2.05, 4.69) is 23.7 Å². The summed E-state index contributed by atoms with van der Waals surface area (Å²) in [6.45, 7) is 7.75. The van der Waals surface area contributed by atoms with Gasteiger partial charge in [-0.3, -0.25) is 14.6 Å². The molecular weight excluding hydrogens is 442 g/mol. The van der Waals surface area contributed by atoms with Crippen LogP contribution in [0.1, 0.15) is 63.1 Å². The van der Waals surface area contributed by atoms with Gasteiger partial charge in [-0.15, -0.1) is 0 Å². The van der Waals surface area contributed by atoms with Crippen LogP contribution in [0.4, 0.5) is 0 Å². The molecule has 7 heteroatoms. The summed E-state index contributed by atoms with van der Waals surface area (Å²) in [6.07, 6.45) is 8.63. The Morgan fingerprint density at radius 3 is 2.26 bits per heavy atom. The third-order valence-corrected chi connectivity index (χ3v) is 6.43. The van der Waals surface area contributed by atoms with Crippen molar-refractivity contribution in [1.82, 2.24) is 14.8 Å². The van der Waals surface area contributed by atoms with Crippen molar-refractivity contribution in [2.75, 3.05) is 33.3 Å². The fourth-order valence-electron chi connectivity index (χ4n) is 4.46. The lowest BCUT2D eigenvalue weighted by Crippen LogP contribution is -2.34. The first kappa shape index (κ1) is 26.4. The number of aliphatic hydroxyl groups excluding tert-OH is 1. The highest BCUT2D eigenvalue weighted by Gasteiger charge is 2.45. The number of aliphatic hydroxyl groups is 1. The van der Waals surface area contributed by atoms with E-state index in [1.807, 2.05) is 6.07 Å². The van der Waals surface area contributed by atoms with Gasteiger partial charge in [-0.2, -0.15) is 0 Å². The van der Waals surface area contributed by atoms with Gasteiger partial charge in [-0.1, -0.05) is 32.8 Å². The first-order chi connectivity index (χ1) is 17.0. The zero-order valence-corrected chi connectivity index (χ0v) is 21.1. The maximum absolute atomic E-state index is 13.2. The summed E-state index contributed by atoms with van der Waals surface area (Å²) >= 11 is 0. The molecule has 0 radical (unpaired) electrons. The van der Waals surface area contributed by atoms with Gasteiger partial charge in [-0.05, 0) is 74.8 Å². The fraction of sp³-hybridized carbons (Fsp3) is 0.464. The van der Waals surface area contributed by atoms with Crippen LogP contribution >= 0.6 is 0 Å². The van der Waals surface area contributed by atoms with E-state index < -0.39 is 17.7 Å². The molecule has 1 amide bonds. The molecule has 0 spiro atoms. The van der Waals surface area contributed by atoms with Crippen LogP contribution in [0, 0.1) is 0 Å². The number of hydrogen-bond acceptors (Lipinski definition) is 6. The Labute approximate surface area is 208 Å². The number of ether oxygens (including phenoxy) is 1. The molecule has 188 valence electrons. The summed E-state index contributed by atoms with van der Waals surface area (Å²) in [6, 6.07) is 9.73. The minimum atomic E-state index is -0.675. The molecule has 3 rings (SSSR count). The molecule has 0 aliphatic carbocycles. The van der Waals surface area contributed by atoms with Crippen LogP contribution in [-0.2, 0) is 9.59 Å². The van der Waals surface area contributed by atoms with Gasteiger partial charge in [0.2, 0.25) is 0 Å². The average molecular weight is 480 g/mol. The van der Waals surface area contributed by atoms with Crippen LogP contribution in [0.3, 0.4) is 0 Å². The summed E-state index contributed by atoms with van der Waals surface area (Å²) in [7, 11) is 1.56. The Hall–Kier alpha value is -3.19. The normalized spacial score (nSPS) is 17.4. The van der Waals surface area contributed by atoms with E-state index in [1.54, 1.807) is 54.7 Å². The molecule has 0 saturated carbocycles. The van der Waals surface area contributed by atoms with E-state index in [0.717, 1.165) is 51.7 Å². The van der Waals surface area contributed by atoms with Gasteiger partial charge in [0.1, 0.15) is 11.5 Å². The number of likely N-dealkylation sites (tertiary alicyclic amines) is 1. The zero-order valence-electron chi connectivity index (χ0n) is 21.1. The van der Waals surface area contributed by atoms with Crippen molar-refractivity contribution >= 4 is 17.4 Å². The zero-order chi connectivity index (χ0) is 25.2. The van der Waals surface area contributed by atoms with Crippen molar-refractivity contribution in [2.24, 2.45) is 0 Å². The lowest BCUT2D eigenvalue weighted by molar-refractivity contribution is -0.140. The van der Waals surface area contributed by atoms with Crippen molar-refractivity contribution in [3.8, 4) is 5.75 Å². The highest BCUT2D eigenvalue weighted by atomic mass is 16.5. The Bertz CT molecular complexity index is 997. The molecule has 1 fully saturated rings. The van der Waals surface area contributed by atoms with Gasteiger partial charge < -0.3 is 19.6 Å². The van der Waals surface area contributed by atoms with Gasteiger partial charge in [0.05, 0.1) is 18.7 Å². The largest absolute Gasteiger partial charge is 0.507 e. The number of ketones is 1. The molecule has 1 aliphatic heterocycles. The number of aromatic nitrogens is 1. The number of carbonyl (C=O) groups is 2. The van der Waals surface area contributed by atoms with Gasteiger partial charge in [0.25, 0.3) is 11.7 Å². The van der Waals surface area contributed by atoms with Crippen LogP contribution in [0.2, 0.25) is 0 Å². The molecule has 0 bridgehead atoms. The monoisotopic (exact) mass is 479 g/mol. The lowest BCUT2D eigenvalue weighted by Gasteiger charge is -2.27. The quantitative estimate of drug-likeness (QED) is 0.252. The average Bonchev–Trinajstić information content (AvgIpc) is 3.15. The number of nitrogens with zero attached hydrogens (tertiary/aromatic N) is 3. The fourth-order valence-corrected chi connectivity index (χ4v) is 4.46. The third-order valence-electron chi connectivity index (χ3n) is 6.43. The minimum Gasteiger partial charge on any atom is -0.507 e. The van der Waals surface area contributed by atoms with Crippen LogP contribution in [0.25, 0.3) is 5.76 Å². The van der Waals surface area contributed by atoms with Crippen molar-refractivity contribution in [1.29, 1.82) is 0 Å². The Balaban J connectivity index is 1.88. The maximum atomic E-state index is 13.2. The van der Waals surface area contributed by atoms with E-state index >= 15 is 0 Å². The van der Waals surface area contributed by atoms with Gasteiger partial charge in [-0.25, -0.2) is 0 Å². The van der Waals surface area contributed by atoms with Crippen molar-refractivity contribution < 1.29 is 19.4 Å². The number of pyridine rings is 1. The number of carbonyl (C=O) groups excluding carboxylic acids is 2. The number of amides is 1. The predicted molar refractivity (Wildman–Crippen MR) is 137 cm³/mol. The van der Waals surface area contributed by atoms with Crippen LogP contribution < -0.4 is 4.74 Å². The Kier molecular flexibility index (Phi) is 9.85. The summed E-state index contributed by atoms with van der Waals surface area (Å²) in [5, 5.41) is 11.1.